The summed E-state index contributed by atoms with van der Waals surface area (Å²) in [6, 6.07) is 0. The monoisotopic (exact) mass is 172 g/mol. The van der Waals surface area contributed by atoms with Gasteiger partial charge in [-0.05, 0) is 26.2 Å². The molecule has 0 aliphatic rings. The minimum Gasteiger partial charge on any atom is -0.390 e. The largest absolute Gasteiger partial charge is 0.390 e. The zero-order valence-electron chi connectivity index (χ0n) is 8.30. The molecule has 0 saturated carbocycles. The third-order valence-corrected chi connectivity index (χ3v) is 2.42. The fourth-order valence-electron chi connectivity index (χ4n) is 0.873. The van der Waals surface area contributed by atoms with E-state index >= 15 is 0 Å². The normalized spacial score (nSPS) is 18.4. The molecule has 0 heterocycles. The van der Waals surface area contributed by atoms with Crippen molar-refractivity contribution in [2.45, 2.75) is 51.7 Å². The first kappa shape index (κ1) is 11.7. The average molecular weight is 172 g/mol. The van der Waals surface area contributed by atoms with Crippen LogP contribution in [-0.2, 0) is 0 Å². The minimum atomic E-state index is -0.974. The van der Waals surface area contributed by atoms with Gasteiger partial charge in [0.25, 0.3) is 0 Å². The summed E-state index contributed by atoms with van der Waals surface area (Å²) in [5.41, 5.74) is 0.00852. The van der Waals surface area contributed by atoms with Crippen LogP contribution in [0.1, 0.15) is 40.0 Å². The van der Waals surface area contributed by atoms with Crippen LogP contribution in [0.4, 0.5) is 0 Å². The number of aliphatic hydroxyl groups is 2. The van der Waals surface area contributed by atoms with Crippen LogP contribution < -0.4 is 0 Å². The third kappa shape index (κ3) is 3.37. The molecule has 0 spiro atoms. The molecule has 2 unspecified atom stereocenters. The molecule has 12 heavy (non-hydrogen) atoms. The second-order valence-electron chi connectivity index (χ2n) is 3.53. The van der Waals surface area contributed by atoms with Gasteiger partial charge in [-0.3, -0.25) is 0 Å². The highest BCUT2D eigenvalue weighted by Gasteiger charge is 2.27. The van der Waals surface area contributed by atoms with Crippen molar-refractivity contribution < 1.29 is 10.2 Å². The van der Waals surface area contributed by atoms with Gasteiger partial charge in [-0.2, -0.15) is 0 Å². The Kier molecular flexibility index (Phi) is 4.50. The first-order valence-electron chi connectivity index (χ1n) is 4.51. The van der Waals surface area contributed by atoms with Crippen molar-refractivity contribution in [2.75, 3.05) is 0 Å². The number of hydrogen-bond acceptors (Lipinski definition) is 2. The summed E-state index contributed by atoms with van der Waals surface area (Å²) >= 11 is 0. The van der Waals surface area contributed by atoms with Gasteiger partial charge in [0, 0.05) is 0 Å². The maximum atomic E-state index is 9.65. The molecular weight excluding hydrogens is 152 g/mol. The van der Waals surface area contributed by atoms with Gasteiger partial charge >= 0.3 is 0 Å². The first-order valence-corrected chi connectivity index (χ1v) is 4.51. The van der Waals surface area contributed by atoms with Gasteiger partial charge in [0.15, 0.2) is 0 Å². The Hall–Kier alpha value is -0.340. The Morgan fingerprint density at radius 1 is 1.50 bits per heavy atom. The van der Waals surface area contributed by atoms with Crippen LogP contribution in [0.2, 0.25) is 0 Å². The molecule has 0 aliphatic carbocycles. The van der Waals surface area contributed by atoms with Crippen LogP contribution in [0.3, 0.4) is 0 Å². The van der Waals surface area contributed by atoms with E-state index in [0.29, 0.717) is 12.8 Å². The van der Waals surface area contributed by atoms with Crippen molar-refractivity contribution in [3.05, 3.63) is 12.2 Å². The van der Waals surface area contributed by atoms with E-state index in [1.165, 1.54) is 0 Å². The molecule has 2 atom stereocenters. The van der Waals surface area contributed by atoms with Gasteiger partial charge in [0.2, 0.25) is 0 Å². The van der Waals surface area contributed by atoms with Crippen molar-refractivity contribution in [1.29, 1.82) is 0 Å². The number of rotatable bonds is 5. The van der Waals surface area contributed by atoms with E-state index in [2.05, 4.69) is 6.58 Å². The summed E-state index contributed by atoms with van der Waals surface area (Å²) in [7, 11) is 0. The molecule has 0 fully saturated rings. The van der Waals surface area contributed by atoms with E-state index in [4.69, 9.17) is 0 Å². The second-order valence-corrected chi connectivity index (χ2v) is 3.53. The maximum absolute atomic E-state index is 9.65. The van der Waals surface area contributed by atoms with Crippen LogP contribution in [0.15, 0.2) is 12.2 Å². The summed E-state index contributed by atoms with van der Waals surface area (Å²) in [4.78, 5) is 0. The van der Waals surface area contributed by atoms with Crippen LogP contribution >= 0.6 is 0 Å². The van der Waals surface area contributed by atoms with E-state index in [9.17, 15) is 10.2 Å². The van der Waals surface area contributed by atoms with E-state index in [0.717, 1.165) is 12.0 Å². The van der Waals surface area contributed by atoms with Gasteiger partial charge in [-0.1, -0.05) is 26.0 Å². The predicted molar refractivity (Wildman–Crippen MR) is 51.0 cm³/mol. The molecule has 2 heteroatoms. The Bertz CT molecular complexity index is 150. The molecule has 0 radical (unpaired) electrons. The molecule has 0 aromatic heterocycles. The Labute approximate surface area is 74.9 Å². The minimum absolute atomic E-state index is 0.497. The Morgan fingerprint density at radius 3 is 2.33 bits per heavy atom. The predicted octanol–water partition coefficient (Wildman–Crippen LogP) is 1.86. The van der Waals surface area contributed by atoms with E-state index < -0.39 is 11.7 Å². The van der Waals surface area contributed by atoms with Crippen molar-refractivity contribution in [3.8, 4) is 0 Å². The molecule has 0 amide bonds. The molecule has 0 aromatic rings. The quantitative estimate of drug-likeness (QED) is 0.621. The van der Waals surface area contributed by atoms with Crippen molar-refractivity contribution >= 4 is 0 Å². The first-order chi connectivity index (χ1) is 5.44. The molecule has 2 nitrogen and oxygen atoms in total. The SMILES string of the molecule is C=C(CC)CC(O)C(C)(O)CC. The van der Waals surface area contributed by atoms with Gasteiger partial charge < -0.3 is 10.2 Å². The summed E-state index contributed by atoms with van der Waals surface area (Å²) in [6.07, 6.45) is 1.23. The zero-order valence-corrected chi connectivity index (χ0v) is 8.30. The van der Waals surface area contributed by atoms with Gasteiger partial charge in [0.1, 0.15) is 0 Å². The van der Waals surface area contributed by atoms with E-state index in [1.807, 2.05) is 13.8 Å². The van der Waals surface area contributed by atoms with Crippen LogP contribution in [-0.4, -0.2) is 21.9 Å². The van der Waals surface area contributed by atoms with E-state index in [-0.39, 0.29) is 0 Å². The van der Waals surface area contributed by atoms with E-state index in [1.54, 1.807) is 6.92 Å². The summed E-state index contributed by atoms with van der Waals surface area (Å²) in [6.45, 7) is 9.30. The lowest BCUT2D eigenvalue weighted by Gasteiger charge is -2.28. The van der Waals surface area contributed by atoms with Gasteiger partial charge in [0.05, 0.1) is 11.7 Å². The highest BCUT2D eigenvalue weighted by atomic mass is 16.3. The molecule has 72 valence electrons. The maximum Gasteiger partial charge on any atom is 0.0878 e. The van der Waals surface area contributed by atoms with Gasteiger partial charge in [-0.25, -0.2) is 0 Å². The number of hydrogen-bond donors (Lipinski definition) is 2. The topological polar surface area (TPSA) is 40.5 Å². The average Bonchev–Trinajstić information content (AvgIpc) is 2.04. The molecular formula is C10H20O2. The molecule has 0 rings (SSSR count). The smallest absolute Gasteiger partial charge is 0.0878 e. The van der Waals surface area contributed by atoms with Crippen LogP contribution in [0, 0.1) is 0 Å². The standard InChI is InChI=1S/C10H20O2/c1-5-8(3)7-9(11)10(4,12)6-2/h9,11-12H,3,5-7H2,1-2,4H3. The third-order valence-electron chi connectivity index (χ3n) is 2.42. The molecule has 2 N–H and O–H groups in total. The number of aliphatic hydroxyl groups excluding tert-OH is 1. The summed E-state index contributed by atoms with van der Waals surface area (Å²) in [5.74, 6) is 0. The molecule has 0 saturated heterocycles. The highest BCUT2D eigenvalue weighted by molar-refractivity contribution is 4.98. The molecule has 0 aliphatic heterocycles. The lowest BCUT2D eigenvalue weighted by Crippen LogP contribution is -2.38. The van der Waals surface area contributed by atoms with Crippen LogP contribution in [0.25, 0.3) is 0 Å². The highest BCUT2D eigenvalue weighted by Crippen LogP contribution is 2.20. The summed E-state index contributed by atoms with van der Waals surface area (Å²) in [5, 5.41) is 19.2. The Balaban J connectivity index is 4.02. The van der Waals surface area contributed by atoms with Crippen molar-refractivity contribution in [2.24, 2.45) is 0 Å². The summed E-state index contributed by atoms with van der Waals surface area (Å²) < 4.78 is 0. The lowest BCUT2D eigenvalue weighted by atomic mass is 9.91. The fourth-order valence-corrected chi connectivity index (χ4v) is 0.873. The zero-order chi connectivity index (χ0) is 9.78. The Morgan fingerprint density at radius 2 is 2.00 bits per heavy atom. The lowest BCUT2D eigenvalue weighted by molar-refractivity contribution is -0.0630. The van der Waals surface area contributed by atoms with Crippen LogP contribution in [0.5, 0.6) is 0 Å². The van der Waals surface area contributed by atoms with Gasteiger partial charge in [-0.15, -0.1) is 0 Å². The molecule has 0 bridgehead atoms. The fraction of sp³-hybridized carbons (Fsp3) is 0.800. The molecule has 0 aromatic carbocycles. The second kappa shape index (κ2) is 4.63. The van der Waals surface area contributed by atoms with Crippen molar-refractivity contribution in [3.63, 3.8) is 0 Å². The van der Waals surface area contributed by atoms with Crippen molar-refractivity contribution in [1.82, 2.24) is 0 Å².